The number of imidazole rings is 1. The van der Waals surface area contributed by atoms with Crippen LogP contribution in [0, 0.1) is 0 Å². The number of H-pyrrole nitrogens is 1. The number of nitrogens with zero attached hydrogens (tertiary/aromatic N) is 4. The third-order valence-corrected chi connectivity index (χ3v) is 5.49. The number of aromatic nitrogens is 5. The normalized spacial score (nSPS) is 10.9. The monoisotopic (exact) mass is 412 g/mol. The van der Waals surface area contributed by atoms with Crippen molar-refractivity contribution in [2.24, 2.45) is 0 Å². The molecule has 8 nitrogen and oxygen atoms in total. The van der Waals surface area contributed by atoms with Gasteiger partial charge in [0.25, 0.3) is 0 Å². The van der Waals surface area contributed by atoms with E-state index in [0.717, 1.165) is 22.5 Å². The molecule has 0 unspecified atom stereocenters. The Hall–Kier alpha value is -2.98. The number of nitrogens with one attached hydrogen (secondary N) is 2. The molecule has 2 N–H and O–H groups in total. The first-order chi connectivity index (χ1) is 13.7. The average molecular weight is 413 g/mol. The lowest BCUT2D eigenvalue weighted by molar-refractivity contribution is -0.113. The van der Waals surface area contributed by atoms with Crippen LogP contribution in [0.4, 0.5) is 5.13 Å². The van der Waals surface area contributed by atoms with E-state index in [2.05, 4.69) is 30.2 Å². The fraction of sp³-hybridized carbons (Fsp3) is 0.167. The highest BCUT2D eigenvalue weighted by Gasteiger charge is 2.12. The number of carbonyl (C=O) groups is 1. The SMILES string of the molecule is CCOc1ccc(-c2csc(NC(=O)CSc3ncnc4nc[nH]c34)n2)cc1. The van der Waals surface area contributed by atoms with Crippen LogP contribution in [0.15, 0.2) is 47.3 Å². The van der Waals surface area contributed by atoms with E-state index in [4.69, 9.17) is 4.74 Å². The minimum atomic E-state index is -0.149. The van der Waals surface area contributed by atoms with Gasteiger partial charge < -0.3 is 15.0 Å². The summed E-state index contributed by atoms with van der Waals surface area (Å²) in [6.45, 7) is 2.58. The molecule has 1 amide bonds. The van der Waals surface area contributed by atoms with E-state index in [-0.39, 0.29) is 11.7 Å². The summed E-state index contributed by atoms with van der Waals surface area (Å²) >= 11 is 2.71. The van der Waals surface area contributed by atoms with Crippen LogP contribution >= 0.6 is 23.1 Å². The van der Waals surface area contributed by atoms with Gasteiger partial charge in [-0.2, -0.15) is 0 Å². The number of fused-ring (bicyclic) bond motifs is 1. The molecule has 0 aliphatic heterocycles. The van der Waals surface area contributed by atoms with Gasteiger partial charge in [0.1, 0.15) is 22.6 Å². The van der Waals surface area contributed by atoms with Gasteiger partial charge in [0, 0.05) is 10.9 Å². The highest BCUT2D eigenvalue weighted by Crippen LogP contribution is 2.27. The van der Waals surface area contributed by atoms with Crippen LogP contribution in [0.2, 0.25) is 0 Å². The zero-order chi connectivity index (χ0) is 19.3. The Bertz CT molecular complexity index is 1090. The van der Waals surface area contributed by atoms with Gasteiger partial charge in [-0.1, -0.05) is 11.8 Å². The van der Waals surface area contributed by atoms with Gasteiger partial charge in [-0.15, -0.1) is 11.3 Å². The second kappa shape index (κ2) is 8.36. The highest BCUT2D eigenvalue weighted by molar-refractivity contribution is 8.00. The number of thioether (sulfide) groups is 1. The summed E-state index contributed by atoms with van der Waals surface area (Å²) in [5, 5.41) is 5.99. The predicted octanol–water partition coefficient (Wildman–Crippen LogP) is 3.61. The molecule has 0 aliphatic carbocycles. The van der Waals surface area contributed by atoms with Gasteiger partial charge in [-0.3, -0.25) is 4.79 Å². The topological polar surface area (TPSA) is 106 Å². The molecule has 0 saturated carbocycles. The molecule has 4 rings (SSSR count). The molecular weight excluding hydrogens is 396 g/mol. The Kier molecular flexibility index (Phi) is 5.49. The van der Waals surface area contributed by atoms with Crippen molar-refractivity contribution < 1.29 is 9.53 Å². The summed E-state index contributed by atoms with van der Waals surface area (Å²) in [5.41, 5.74) is 3.09. The molecule has 0 fully saturated rings. The standard InChI is InChI=1S/C18H16N6O2S2/c1-2-26-12-5-3-11(4-6-12)13-7-28-18(23-13)24-14(25)8-27-17-15-16(20-9-19-15)21-10-22-17/h3-7,9-10H,2,8H2,1H3,(H,23,24,25)(H,19,20,21,22). The quantitative estimate of drug-likeness (QED) is 0.353. The number of benzene rings is 1. The van der Waals surface area contributed by atoms with Gasteiger partial charge in [0.15, 0.2) is 10.8 Å². The lowest BCUT2D eigenvalue weighted by atomic mass is 10.2. The third kappa shape index (κ3) is 4.12. The van der Waals surface area contributed by atoms with Crippen molar-refractivity contribution in [3.63, 3.8) is 0 Å². The van der Waals surface area contributed by atoms with Gasteiger partial charge in [-0.05, 0) is 31.2 Å². The van der Waals surface area contributed by atoms with E-state index < -0.39 is 0 Å². The maximum atomic E-state index is 12.3. The van der Waals surface area contributed by atoms with Crippen molar-refractivity contribution in [1.82, 2.24) is 24.9 Å². The van der Waals surface area contributed by atoms with Crippen LogP contribution in [0.3, 0.4) is 0 Å². The molecule has 28 heavy (non-hydrogen) atoms. The zero-order valence-corrected chi connectivity index (χ0v) is 16.5. The van der Waals surface area contributed by atoms with Gasteiger partial charge in [0.2, 0.25) is 5.91 Å². The fourth-order valence-electron chi connectivity index (χ4n) is 2.49. The van der Waals surface area contributed by atoms with Crippen molar-refractivity contribution >= 4 is 45.3 Å². The number of rotatable bonds is 7. The number of hydrogen-bond donors (Lipinski definition) is 2. The van der Waals surface area contributed by atoms with Crippen molar-refractivity contribution in [1.29, 1.82) is 0 Å². The van der Waals surface area contributed by atoms with E-state index in [1.165, 1.54) is 29.4 Å². The first-order valence-electron chi connectivity index (χ1n) is 8.48. The summed E-state index contributed by atoms with van der Waals surface area (Å²) < 4.78 is 5.45. The summed E-state index contributed by atoms with van der Waals surface area (Å²) in [7, 11) is 0. The van der Waals surface area contributed by atoms with E-state index in [1.807, 2.05) is 36.6 Å². The van der Waals surface area contributed by atoms with Gasteiger partial charge in [0.05, 0.1) is 24.4 Å². The van der Waals surface area contributed by atoms with Crippen molar-refractivity contribution in [2.75, 3.05) is 17.7 Å². The number of ether oxygens (including phenoxy) is 1. The molecule has 0 aliphatic rings. The number of aromatic amines is 1. The molecule has 0 spiro atoms. The van der Waals surface area contributed by atoms with E-state index >= 15 is 0 Å². The second-order valence-corrected chi connectivity index (χ2v) is 7.43. The minimum Gasteiger partial charge on any atom is -0.494 e. The number of carbonyl (C=O) groups excluding carboxylic acids is 1. The Morgan fingerprint density at radius 2 is 2.11 bits per heavy atom. The minimum absolute atomic E-state index is 0.149. The molecule has 0 bridgehead atoms. The Labute approximate surface area is 168 Å². The molecular formula is C18H16N6O2S2. The zero-order valence-electron chi connectivity index (χ0n) is 14.9. The Morgan fingerprint density at radius 1 is 1.25 bits per heavy atom. The molecule has 3 aromatic heterocycles. The maximum absolute atomic E-state index is 12.3. The van der Waals surface area contributed by atoms with Crippen molar-refractivity contribution in [3.8, 4) is 17.0 Å². The van der Waals surface area contributed by atoms with Crippen molar-refractivity contribution in [2.45, 2.75) is 11.9 Å². The predicted molar refractivity (Wildman–Crippen MR) is 110 cm³/mol. The van der Waals surface area contributed by atoms with Crippen LogP contribution in [0.5, 0.6) is 5.75 Å². The summed E-state index contributed by atoms with van der Waals surface area (Å²) in [4.78, 5) is 32.1. The lowest BCUT2D eigenvalue weighted by Gasteiger charge is -2.03. The van der Waals surface area contributed by atoms with E-state index in [0.29, 0.717) is 22.4 Å². The second-order valence-electron chi connectivity index (χ2n) is 5.61. The van der Waals surface area contributed by atoms with Crippen molar-refractivity contribution in [3.05, 3.63) is 42.3 Å². The Morgan fingerprint density at radius 3 is 2.93 bits per heavy atom. The molecule has 0 radical (unpaired) electrons. The Balaban J connectivity index is 1.37. The molecule has 1 aromatic carbocycles. The highest BCUT2D eigenvalue weighted by atomic mass is 32.2. The first-order valence-corrected chi connectivity index (χ1v) is 10.3. The van der Waals surface area contributed by atoms with Gasteiger partial charge >= 0.3 is 0 Å². The summed E-state index contributed by atoms with van der Waals surface area (Å²) in [5.74, 6) is 0.885. The number of hydrogen-bond acceptors (Lipinski definition) is 8. The van der Waals surface area contributed by atoms with Crippen LogP contribution in [-0.4, -0.2) is 43.2 Å². The molecule has 142 valence electrons. The molecule has 10 heteroatoms. The van der Waals surface area contributed by atoms with Gasteiger partial charge in [-0.25, -0.2) is 19.9 Å². The van der Waals surface area contributed by atoms with Crippen LogP contribution in [0.1, 0.15) is 6.92 Å². The molecule has 4 aromatic rings. The smallest absolute Gasteiger partial charge is 0.236 e. The fourth-order valence-corrected chi connectivity index (χ4v) is 3.99. The van der Waals surface area contributed by atoms with E-state index in [9.17, 15) is 4.79 Å². The molecule has 3 heterocycles. The first kappa shape index (κ1) is 18.4. The molecule has 0 atom stereocenters. The molecule has 0 saturated heterocycles. The number of anilines is 1. The number of amides is 1. The average Bonchev–Trinajstić information content (AvgIpc) is 3.37. The lowest BCUT2D eigenvalue weighted by Crippen LogP contribution is -2.14. The van der Waals surface area contributed by atoms with Crippen LogP contribution in [0.25, 0.3) is 22.4 Å². The van der Waals surface area contributed by atoms with Crippen LogP contribution < -0.4 is 10.1 Å². The summed E-state index contributed by atoms with van der Waals surface area (Å²) in [6, 6.07) is 7.72. The third-order valence-electron chi connectivity index (χ3n) is 3.74. The van der Waals surface area contributed by atoms with Crippen LogP contribution in [-0.2, 0) is 4.79 Å². The summed E-state index contributed by atoms with van der Waals surface area (Å²) in [6.07, 6.45) is 2.99. The maximum Gasteiger partial charge on any atom is 0.236 e. The van der Waals surface area contributed by atoms with E-state index in [1.54, 1.807) is 6.33 Å². The number of thiazole rings is 1. The largest absolute Gasteiger partial charge is 0.494 e.